The standard InChI is InChI=1S/C14H16F4N2O2/c1-9-2-3-11(10(15)8-9)19-12(21)20-6-4-13(22,5-7-20)14(16,17)18/h2-3,8,22H,4-7H2,1H3,(H,19,21). The summed E-state index contributed by atoms with van der Waals surface area (Å²) in [6.07, 6.45) is -5.92. The van der Waals surface area contributed by atoms with Crippen molar-refractivity contribution in [2.75, 3.05) is 18.4 Å². The quantitative estimate of drug-likeness (QED) is 0.782. The number of hydrogen-bond acceptors (Lipinski definition) is 2. The first kappa shape index (κ1) is 16.5. The topological polar surface area (TPSA) is 52.6 Å². The van der Waals surface area contributed by atoms with Gasteiger partial charge < -0.3 is 15.3 Å². The highest BCUT2D eigenvalue weighted by molar-refractivity contribution is 5.89. The van der Waals surface area contributed by atoms with E-state index in [1.54, 1.807) is 13.0 Å². The second-order valence-electron chi connectivity index (χ2n) is 5.43. The maximum atomic E-state index is 13.6. The van der Waals surface area contributed by atoms with Gasteiger partial charge in [-0.05, 0) is 24.6 Å². The third kappa shape index (κ3) is 3.32. The number of benzene rings is 1. The van der Waals surface area contributed by atoms with Gasteiger partial charge in [0.15, 0.2) is 5.60 Å². The van der Waals surface area contributed by atoms with Crippen molar-refractivity contribution in [3.05, 3.63) is 29.6 Å². The van der Waals surface area contributed by atoms with Gasteiger partial charge in [-0.2, -0.15) is 13.2 Å². The fraction of sp³-hybridized carbons (Fsp3) is 0.500. The number of nitrogens with one attached hydrogen (secondary N) is 1. The molecule has 0 unspecified atom stereocenters. The van der Waals surface area contributed by atoms with Gasteiger partial charge in [-0.25, -0.2) is 9.18 Å². The van der Waals surface area contributed by atoms with Crippen molar-refractivity contribution in [2.45, 2.75) is 31.5 Å². The van der Waals surface area contributed by atoms with E-state index in [1.807, 2.05) is 0 Å². The van der Waals surface area contributed by atoms with Crippen molar-refractivity contribution in [3.63, 3.8) is 0 Å². The number of alkyl halides is 3. The van der Waals surface area contributed by atoms with Gasteiger partial charge in [0.25, 0.3) is 0 Å². The molecule has 4 nitrogen and oxygen atoms in total. The van der Waals surface area contributed by atoms with E-state index in [4.69, 9.17) is 0 Å². The highest BCUT2D eigenvalue weighted by atomic mass is 19.4. The molecule has 0 bridgehead atoms. The normalized spacial score (nSPS) is 18.2. The summed E-state index contributed by atoms with van der Waals surface area (Å²) >= 11 is 0. The number of nitrogens with zero attached hydrogens (tertiary/aromatic N) is 1. The van der Waals surface area contributed by atoms with Crippen LogP contribution in [-0.4, -0.2) is 40.9 Å². The monoisotopic (exact) mass is 320 g/mol. The van der Waals surface area contributed by atoms with Crippen LogP contribution in [0.3, 0.4) is 0 Å². The molecule has 2 amide bonds. The van der Waals surface area contributed by atoms with E-state index in [9.17, 15) is 27.5 Å². The van der Waals surface area contributed by atoms with Crippen molar-refractivity contribution >= 4 is 11.7 Å². The number of likely N-dealkylation sites (tertiary alicyclic amines) is 1. The van der Waals surface area contributed by atoms with Crippen molar-refractivity contribution in [1.29, 1.82) is 0 Å². The number of urea groups is 1. The second-order valence-corrected chi connectivity index (χ2v) is 5.43. The van der Waals surface area contributed by atoms with Crippen LogP contribution in [0.2, 0.25) is 0 Å². The number of anilines is 1. The summed E-state index contributed by atoms with van der Waals surface area (Å²) < 4.78 is 51.7. The molecule has 0 aromatic heterocycles. The molecule has 22 heavy (non-hydrogen) atoms. The third-order valence-corrected chi connectivity index (χ3v) is 3.77. The van der Waals surface area contributed by atoms with Crippen LogP contribution in [-0.2, 0) is 0 Å². The molecule has 0 spiro atoms. The Balaban J connectivity index is 1.98. The summed E-state index contributed by atoms with van der Waals surface area (Å²) in [5.74, 6) is -0.614. The summed E-state index contributed by atoms with van der Waals surface area (Å²) in [6.45, 7) is 1.18. The zero-order valence-electron chi connectivity index (χ0n) is 11.9. The molecule has 0 saturated carbocycles. The predicted molar refractivity (Wildman–Crippen MR) is 72.0 cm³/mol. The number of halogens is 4. The Morgan fingerprint density at radius 3 is 2.41 bits per heavy atom. The van der Waals surface area contributed by atoms with Crippen LogP contribution in [0.1, 0.15) is 18.4 Å². The first-order chi connectivity index (χ1) is 10.1. The molecule has 1 heterocycles. The fourth-order valence-electron chi connectivity index (χ4n) is 2.28. The molecule has 2 rings (SSSR count). The van der Waals surface area contributed by atoms with Gasteiger partial charge in [0, 0.05) is 25.9 Å². The lowest BCUT2D eigenvalue weighted by molar-refractivity contribution is -0.271. The molecule has 8 heteroatoms. The predicted octanol–water partition coefficient (Wildman–Crippen LogP) is 3.06. The number of carbonyl (C=O) groups excluding carboxylic acids is 1. The van der Waals surface area contributed by atoms with Gasteiger partial charge in [0.05, 0.1) is 5.69 Å². The van der Waals surface area contributed by atoms with E-state index >= 15 is 0 Å². The number of rotatable bonds is 1. The Labute approximate surface area is 124 Å². The Hall–Kier alpha value is -1.83. The van der Waals surface area contributed by atoms with Crippen LogP contribution in [0.15, 0.2) is 18.2 Å². The van der Waals surface area contributed by atoms with E-state index in [-0.39, 0.29) is 18.8 Å². The molecular formula is C14H16F4N2O2. The number of aliphatic hydroxyl groups is 1. The molecule has 1 aromatic rings. The molecule has 1 aromatic carbocycles. The number of hydrogen-bond donors (Lipinski definition) is 2. The Kier molecular flexibility index (Phi) is 4.32. The molecule has 1 aliphatic rings. The lowest BCUT2D eigenvalue weighted by Gasteiger charge is -2.38. The number of aryl methyl sites for hydroxylation is 1. The molecule has 0 radical (unpaired) electrons. The van der Waals surface area contributed by atoms with E-state index in [0.717, 1.165) is 4.90 Å². The number of carbonyl (C=O) groups is 1. The van der Waals surface area contributed by atoms with Crippen LogP contribution < -0.4 is 5.32 Å². The van der Waals surface area contributed by atoms with Crippen molar-refractivity contribution in [2.24, 2.45) is 0 Å². The van der Waals surface area contributed by atoms with E-state index in [0.29, 0.717) is 5.56 Å². The van der Waals surface area contributed by atoms with E-state index in [2.05, 4.69) is 5.32 Å². The summed E-state index contributed by atoms with van der Waals surface area (Å²) in [4.78, 5) is 13.1. The second kappa shape index (κ2) is 5.75. The maximum absolute atomic E-state index is 13.6. The van der Waals surface area contributed by atoms with Crippen molar-refractivity contribution in [1.82, 2.24) is 4.90 Å². The zero-order chi connectivity index (χ0) is 16.5. The van der Waals surface area contributed by atoms with Gasteiger partial charge in [0.1, 0.15) is 5.82 Å². The van der Waals surface area contributed by atoms with Crippen LogP contribution >= 0.6 is 0 Å². The van der Waals surface area contributed by atoms with Gasteiger partial charge in [-0.15, -0.1) is 0 Å². The largest absolute Gasteiger partial charge is 0.417 e. The Morgan fingerprint density at radius 2 is 1.91 bits per heavy atom. The van der Waals surface area contributed by atoms with Crippen LogP contribution in [0.25, 0.3) is 0 Å². The summed E-state index contributed by atoms with van der Waals surface area (Å²) in [7, 11) is 0. The Bertz CT molecular complexity index is 566. The summed E-state index contributed by atoms with van der Waals surface area (Å²) in [6, 6.07) is 3.55. The lowest BCUT2D eigenvalue weighted by Crippen LogP contribution is -2.55. The molecular weight excluding hydrogens is 304 g/mol. The zero-order valence-corrected chi connectivity index (χ0v) is 11.9. The highest BCUT2D eigenvalue weighted by Gasteiger charge is 2.54. The molecule has 1 aliphatic heterocycles. The first-order valence-corrected chi connectivity index (χ1v) is 6.73. The van der Waals surface area contributed by atoms with Crippen LogP contribution in [0, 0.1) is 12.7 Å². The summed E-state index contributed by atoms with van der Waals surface area (Å²) in [5.41, 5.74) is -2.12. The minimum atomic E-state index is -4.72. The van der Waals surface area contributed by atoms with Crippen LogP contribution in [0.5, 0.6) is 0 Å². The number of piperidine rings is 1. The minimum absolute atomic E-state index is 0.0349. The van der Waals surface area contributed by atoms with Gasteiger partial charge in [-0.1, -0.05) is 6.07 Å². The van der Waals surface area contributed by atoms with Crippen molar-refractivity contribution in [3.8, 4) is 0 Å². The maximum Gasteiger partial charge on any atom is 0.417 e. The highest BCUT2D eigenvalue weighted by Crippen LogP contribution is 2.38. The van der Waals surface area contributed by atoms with Gasteiger partial charge >= 0.3 is 12.2 Å². The first-order valence-electron chi connectivity index (χ1n) is 6.73. The SMILES string of the molecule is Cc1ccc(NC(=O)N2CCC(O)(C(F)(F)F)CC2)c(F)c1. The van der Waals surface area contributed by atoms with E-state index in [1.165, 1.54) is 12.1 Å². The molecule has 1 fully saturated rings. The van der Waals surface area contributed by atoms with E-state index < -0.39 is 36.5 Å². The average molecular weight is 320 g/mol. The smallest absolute Gasteiger partial charge is 0.380 e. The third-order valence-electron chi connectivity index (χ3n) is 3.77. The van der Waals surface area contributed by atoms with Crippen molar-refractivity contribution < 1.29 is 27.5 Å². The molecule has 122 valence electrons. The fourth-order valence-corrected chi connectivity index (χ4v) is 2.28. The Morgan fingerprint density at radius 1 is 1.32 bits per heavy atom. The number of amides is 2. The average Bonchev–Trinajstić information content (AvgIpc) is 2.41. The lowest BCUT2D eigenvalue weighted by atomic mass is 9.91. The van der Waals surface area contributed by atoms with Crippen LogP contribution in [0.4, 0.5) is 28.0 Å². The minimum Gasteiger partial charge on any atom is -0.380 e. The molecule has 2 N–H and O–H groups in total. The molecule has 0 aliphatic carbocycles. The van der Waals surface area contributed by atoms with Gasteiger partial charge in [0.2, 0.25) is 0 Å². The van der Waals surface area contributed by atoms with Gasteiger partial charge in [-0.3, -0.25) is 0 Å². The molecule has 1 saturated heterocycles. The molecule has 0 atom stereocenters. The summed E-state index contributed by atoms with van der Waals surface area (Å²) in [5, 5.41) is 11.9.